The van der Waals surface area contributed by atoms with E-state index in [2.05, 4.69) is 25.7 Å². The van der Waals surface area contributed by atoms with E-state index in [-0.39, 0.29) is 31.2 Å². The van der Waals surface area contributed by atoms with Crippen molar-refractivity contribution in [3.05, 3.63) is 23.4 Å². The molecule has 1 aromatic heterocycles. The molecule has 2 aliphatic rings. The van der Waals surface area contributed by atoms with Crippen LogP contribution in [0.2, 0.25) is 0 Å². The third kappa shape index (κ3) is 6.64. The summed E-state index contributed by atoms with van der Waals surface area (Å²) in [7, 11) is 1.32. The molecule has 0 spiro atoms. The van der Waals surface area contributed by atoms with Crippen LogP contribution in [0.15, 0.2) is 12.1 Å². The minimum Gasteiger partial charge on any atom is -0.453 e. The van der Waals surface area contributed by atoms with Gasteiger partial charge in [-0.3, -0.25) is 4.79 Å². The molecule has 1 aliphatic carbocycles. The number of anilines is 1. The summed E-state index contributed by atoms with van der Waals surface area (Å²) >= 11 is 0. The van der Waals surface area contributed by atoms with Crippen LogP contribution in [0, 0.1) is 12.3 Å². The average Bonchev–Trinajstić information content (AvgIpc) is 3.68. The Morgan fingerprint density at radius 1 is 1.38 bits per heavy atom. The van der Waals surface area contributed by atoms with Crippen LogP contribution in [0.3, 0.4) is 0 Å². The van der Waals surface area contributed by atoms with E-state index in [4.69, 9.17) is 10.1 Å². The Labute approximate surface area is 200 Å². The van der Waals surface area contributed by atoms with Gasteiger partial charge in [-0.2, -0.15) is 0 Å². The fourth-order valence-electron chi connectivity index (χ4n) is 3.94. The van der Waals surface area contributed by atoms with Crippen LogP contribution in [-0.4, -0.2) is 96.9 Å². The zero-order valence-corrected chi connectivity index (χ0v) is 20.1. The zero-order valence-electron chi connectivity index (χ0n) is 20.1. The number of hydrogen-bond acceptors (Lipinski definition) is 9. The molecule has 0 radical (unpaired) electrons. The monoisotopic (exact) mass is 476 g/mol. The Balaban J connectivity index is 1.67. The molecule has 3 rings (SSSR count). The van der Waals surface area contributed by atoms with Gasteiger partial charge in [0.1, 0.15) is 11.9 Å². The fraction of sp³-hybridized carbons (Fsp3) is 0.652. The molecule has 2 heterocycles. The van der Waals surface area contributed by atoms with Gasteiger partial charge in [0, 0.05) is 36.9 Å². The van der Waals surface area contributed by atoms with Gasteiger partial charge in [0.2, 0.25) is 0 Å². The molecule has 1 aromatic rings. The summed E-state index contributed by atoms with van der Waals surface area (Å²) in [5, 5.41) is 27.2. The lowest BCUT2D eigenvalue weighted by Crippen LogP contribution is -2.57. The van der Waals surface area contributed by atoms with Gasteiger partial charge < -0.3 is 40.8 Å². The summed E-state index contributed by atoms with van der Waals surface area (Å²) in [5.41, 5.74) is 1.76. The number of carbonyl (C=O) groups is 2. The summed E-state index contributed by atoms with van der Waals surface area (Å²) in [6.45, 7) is 5.33. The van der Waals surface area contributed by atoms with E-state index in [1.165, 1.54) is 7.11 Å². The van der Waals surface area contributed by atoms with Gasteiger partial charge in [-0.15, -0.1) is 0 Å². The Morgan fingerprint density at radius 2 is 2.15 bits per heavy atom. The average molecular weight is 477 g/mol. The Hall–Kier alpha value is -2.76. The second-order valence-electron chi connectivity index (χ2n) is 8.72. The first-order chi connectivity index (χ1) is 16.3. The Bertz CT molecular complexity index is 869. The molecule has 0 bridgehead atoms. The first kappa shape index (κ1) is 25.9. The highest BCUT2D eigenvalue weighted by molar-refractivity contribution is 6.07. The predicted molar refractivity (Wildman–Crippen MR) is 127 cm³/mol. The smallest absolute Gasteiger partial charge is 0.406 e. The summed E-state index contributed by atoms with van der Waals surface area (Å²) in [5.74, 6) is 0.451. The summed E-state index contributed by atoms with van der Waals surface area (Å²) in [6, 6.07) is 3.19. The van der Waals surface area contributed by atoms with Crippen molar-refractivity contribution in [3.63, 3.8) is 0 Å². The predicted octanol–water partition coefficient (Wildman–Crippen LogP) is 0.645. The van der Waals surface area contributed by atoms with Gasteiger partial charge >= 0.3 is 6.09 Å². The summed E-state index contributed by atoms with van der Waals surface area (Å²) in [4.78, 5) is 30.9. The SMILES string of the molecule is COC(=O)NCCCNc1nc(C)ccc1C(=N)[C@@H](C)N(C(=O)[C@H]1CN[C@@H](CO)CO1)C1CC1. The molecule has 11 nitrogen and oxygen atoms in total. The third-order valence-corrected chi connectivity index (χ3v) is 6.04. The molecular formula is C23H36N6O5. The number of aryl methyl sites for hydroxylation is 1. The van der Waals surface area contributed by atoms with E-state index in [1.807, 2.05) is 26.0 Å². The second-order valence-corrected chi connectivity index (χ2v) is 8.72. The number of aliphatic hydroxyl groups is 1. The number of aromatic nitrogens is 1. The van der Waals surface area contributed by atoms with Crippen LogP contribution in [-0.2, 0) is 14.3 Å². The normalized spacial score (nSPS) is 20.8. The minimum absolute atomic E-state index is 0.0384. The van der Waals surface area contributed by atoms with Crippen molar-refractivity contribution in [2.45, 2.75) is 57.3 Å². The number of aliphatic hydroxyl groups excluding tert-OH is 1. The van der Waals surface area contributed by atoms with Crippen molar-refractivity contribution < 1.29 is 24.2 Å². The van der Waals surface area contributed by atoms with Crippen molar-refractivity contribution in [1.29, 1.82) is 5.41 Å². The van der Waals surface area contributed by atoms with Crippen LogP contribution in [0.25, 0.3) is 0 Å². The quantitative estimate of drug-likeness (QED) is 0.231. The number of methoxy groups -OCH3 is 1. The van der Waals surface area contributed by atoms with Gasteiger partial charge in [-0.05, 0) is 45.2 Å². The van der Waals surface area contributed by atoms with E-state index in [1.54, 1.807) is 4.90 Å². The van der Waals surface area contributed by atoms with Crippen molar-refractivity contribution >= 4 is 23.5 Å². The number of ether oxygens (including phenoxy) is 2. The van der Waals surface area contributed by atoms with Crippen LogP contribution in [0.1, 0.15) is 37.4 Å². The van der Waals surface area contributed by atoms with Gasteiger partial charge in [-0.1, -0.05) is 0 Å². The molecule has 34 heavy (non-hydrogen) atoms. The first-order valence-corrected chi connectivity index (χ1v) is 11.8. The van der Waals surface area contributed by atoms with Crippen LogP contribution < -0.4 is 16.0 Å². The maximum atomic E-state index is 13.3. The molecule has 0 aromatic carbocycles. The Kier molecular flexibility index (Phi) is 9.20. The summed E-state index contributed by atoms with van der Waals surface area (Å²) < 4.78 is 10.3. The first-order valence-electron chi connectivity index (χ1n) is 11.8. The highest BCUT2D eigenvalue weighted by Gasteiger charge is 2.41. The van der Waals surface area contributed by atoms with Crippen molar-refractivity contribution in [1.82, 2.24) is 20.5 Å². The number of rotatable bonds is 11. The van der Waals surface area contributed by atoms with E-state index in [0.717, 1.165) is 18.5 Å². The van der Waals surface area contributed by atoms with E-state index < -0.39 is 18.2 Å². The second kappa shape index (κ2) is 12.1. The number of pyridine rings is 1. The number of amides is 2. The molecule has 2 amide bonds. The summed E-state index contributed by atoms with van der Waals surface area (Å²) in [6.07, 6.45) is 1.37. The number of nitrogens with zero attached hydrogens (tertiary/aromatic N) is 2. The molecule has 3 atom stereocenters. The molecule has 11 heteroatoms. The molecule has 188 valence electrons. The zero-order chi connectivity index (χ0) is 24.7. The Morgan fingerprint density at radius 3 is 2.76 bits per heavy atom. The van der Waals surface area contributed by atoms with Crippen LogP contribution in [0.5, 0.6) is 0 Å². The number of nitrogens with one attached hydrogen (secondary N) is 4. The maximum Gasteiger partial charge on any atom is 0.406 e. The molecule has 0 unspecified atom stereocenters. The molecule has 5 N–H and O–H groups in total. The number of alkyl carbamates (subject to hydrolysis) is 1. The standard InChI is InChI=1S/C23H36N6O5/c1-14-5-8-18(21(28-14)25-9-4-10-26-23(32)33-3)20(24)15(2)29(17-6-7-17)22(31)19-11-27-16(12-30)13-34-19/h5,8,15-17,19,24,27,30H,4,6-7,9-13H2,1-3H3,(H,25,28)(H,26,32)/t15-,16+,19-/m1/s1. The van der Waals surface area contributed by atoms with Gasteiger partial charge in [0.15, 0.2) is 0 Å². The van der Waals surface area contributed by atoms with Gasteiger partial charge in [0.25, 0.3) is 5.91 Å². The number of carbonyl (C=O) groups excluding carboxylic acids is 2. The molecule has 1 saturated carbocycles. The highest BCUT2D eigenvalue weighted by atomic mass is 16.5. The lowest BCUT2D eigenvalue weighted by Gasteiger charge is -2.36. The van der Waals surface area contributed by atoms with Crippen molar-refractivity contribution in [2.75, 3.05) is 45.3 Å². The topological polar surface area (TPSA) is 149 Å². The molecular weight excluding hydrogens is 440 g/mol. The highest BCUT2D eigenvalue weighted by Crippen LogP contribution is 2.31. The van der Waals surface area contributed by atoms with Crippen LogP contribution in [0.4, 0.5) is 10.6 Å². The number of morpholine rings is 1. The lowest BCUT2D eigenvalue weighted by molar-refractivity contribution is -0.148. The lowest BCUT2D eigenvalue weighted by atomic mass is 10.0. The van der Waals surface area contributed by atoms with E-state index >= 15 is 0 Å². The fourth-order valence-corrected chi connectivity index (χ4v) is 3.94. The maximum absolute atomic E-state index is 13.3. The largest absolute Gasteiger partial charge is 0.453 e. The van der Waals surface area contributed by atoms with Gasteiger partial charge in [0.05, 0.1) is 38.1 Å². The van der Waals surface area contributed by atoms with E-state index in [9.17, 15) is 14.7 Å². The molecule has 1 saturated heterocycles. The number of hydrogen-bond donors (Lipinski definition) is 5. The van der Waals surface area contributed by atoms with Crippen molar-refractivity contribution in [3.8, 4) is 0 Å². The van der Waals surface area contributed by atoms with E-state index in [0.29, 0.717) is 43.1 Å². The minimum atomic E-state index is -0.630. The third-order valence-electron chi connectivity index (χ3n) is 6.04. The van der Waals surface area contributed by atoms with Crippen LogP contribution >= 0.6 is 0 Å². The molecule has 2 fully saturated rings. The van der Waals surface area contributed by atoms with Crippen molar-refractivity contribution in [2.24, 2.45) is 0 Å². The molecule has 1 aliphatic heterocycles. The van der Waals surface area contributed by atoms with Gasteiger partial charge in [-0.25, -0.2) is 9.78 Å².